The van der Waals surface area contributed by atoms with Gasteiger partial charge in [-0.2, -0.15) is 0 Å². The summed E-state index contributed by atoms with van der Waals surface area (Å²) in [7, 11) is -0.988. The van der Waals surface area contributed by atoms with Crippen molar-refractivity contribution in [2.45, 2.75) is 10.9 Å². The van der Waals surface area contributed by atoms with Crippen molar-refractivity contribution in [2.75, 3.05) is 19.4 Å². The topological polar surface area (TPSA) is 95.6 Å². The van der Waals surface area contributed by atoms with Gasteiger partial charge in [-0.1, -0.05) is 60.1 Å². The minimum Gasteiger partial charge on any atom is -0.336 e. The summed E-state index contributed by atoms with van der Waals surface area (Å²) < 4.78 is 26.0. The summed E-state index contributed by atoms with van der Waals surface area (Å²) >= 11 is 6.19. The average molecular weight is 472 g/mol. The molecule has 0 aliphatic heterocycles. The number of carbonyl (C=O) groups excluding carboxylic acids is 2. The van der Waals surface area contributed by atoms with Crippen molar-refractivity contribution in [3.8, 4) is 0 Å². The Balaban J connectivity index is 1.93. The van der Waals surface area contributed by atoms with Crippen LogP contribution in [0.25, 0.3) is 0 Å². The zero-order valence-electron chi connectivity index (χ0n) is 17.4. The molecule has 0 spiro atoms. The molecule has 3 aromatic rings. The van der Waals surface area contributed by atoms with Crippen molar-refractivity contribution in [3.05, 3.63) is 95.0 Å². The van der Waals surface area contributed by atoms with Crippen LogP contribution in [0.4, 0.5) is 5.69 Å². The Morgan fingerprint density at radius 2 is 1.50 bits per heavy atom. The first-order valence-corrected chi connectivity index (χ1v) is 11.5. The second-order valence-electron chi connectivity index (χ2n) is 7.10. The maximum absolute atomic E-state index is 13.1. The number of anilines is 1. The third-order valence-electron chi connectivity index (χ3n) is 4.67. The van der Waals surface area contributed by atoms with Gasteiger partial charge in [0.05, 0.1) is 15.5 Å². The lowest BCUT2D eigenvalue weighted by atomic mass is 10.0. The van der Waals surface area contributed by atoms with E-state index in [1.54, 1.807) is 54.6 Å². The summed E-state index contributed by atoms with van der Waals surface area (Å²) in [5, 5.41) is 5.51. The standard InChI is InChI=1S/C23H22ClN3O4S/c1-27(2)32(30,31)18-13-14-20(24)19(15-18)22(28)26-21(16-9-5-3-6-10-16)23(29)25-17-11-7-4-8-12-17/h3-15,21H,1-2H3,(H,25,29)(H,26,28). The molecule has 0 radical (unpaired) electrons. The second kappa shape index (κ2) is 9.95. The zero-order chi connectivity index (χ0) is 23.3. The molecule has 3 aromatic carbocycles. The van der Waals surface area contributed by atoms with Gasteiger partial charge in [0.25, 0.3) is 11.8 Å². The molecule has 7 nitrogen and oxygen atoms in total. The van der Waals surface area contributed by atoms with E-state index in [-0.39, 0.29) is 15.5 Å². The molecule has 0 fully saturated rings. The Kier molecular flexibility index (Phi) is 7.29. The monoisotopic (exact) mass is 471 g/mol. The highest BCUT2D eigenvalue weighted by Crippen LogP contribution is 2.24. The van der Waals surface area contributed by atoms with Gasteiger partial charge in [0, 0.05) is 19.8 Å². The Hall–Kier alpha value is -3.20. The molecule has 0 saturated heterocycles. The first-order valence-electron chi connectivity index (χ1n) is 9.64. The number of rotatable bonds is 7. The van der Waals surface area contributed by atoms with Crippen LogP contribution in [0, 0.1) is 0 Å². The number of hydrogen-bond donors (Lipinski definition) is 2. The van der Waals surface area contributed by atoms with Crippen LogP contribution in [-0.2, 0) is 14.8 Å². The molecule has 1 unspecified atom stereocenters. The van der Waals surface area contributed by atoms with E-state index in [1.807, 2.05) is 6.07 Å². The van der Waals surface area contributed by atoms with Crippen LogP contribution in [0.1, 0.15) is 22.0 Å². The van der Waals surface area contributed by atoms with E-state index >= 15 is 0 Å². The van der Waals surface area contributed by atoms with Crippen LogP contribution in [0.5, 0.6) is 0 Å². The normalized spacial score (nSPS) is 12.2. The molecule has 0 heterocycles. The van der Waals surface area contributed by atoms with Crippen LogP contribution in [0.2, 0.25) is 5.02 Å². The number of benzene rings is 3. The number of sulfonamides is 1. The highest BCUT2D eigenvalue weighted by Gasteiger charge is 2.26. The third kappa shape index (κ3) is 5.34. The van der Waals surface area contributed by atoms with E-state index < -0.39 is 27.9 Å². The minimum atomic E-state index is -3.77. The smallest absolute Gasteiger partial charge is 0.253 e. The number of nitrogens with zero attached hydrogens (tertiary/aromatic N) is 1. The summed E-state index contributed by atoms with van der Waals surface area (Å²) in [5.41, 5.74) is 1.08. The molecular weight excluding hydrogens is 450 g/mol. The van der Waals surface area contributed by atoms with Gasteiger partial charge in [-0.25, -0.2) is 12.7 Å². The number of amides is 2. The van der Waals surface area contributed by atoms with Crippen molar-refractivity contribution in [1.82, 2.24) is 9.62 Å². The van der Waals surface area contributed by atoms with E-state index in [0.717, 1.165) is 4.31 Å². The van der Waals surface area contributed by atoms with E-state index in [2.05, 4.69) is 10.6 Å². The molecule has 0 bridgehead atoms. The molecule has 0 aromatic heterocycles. The van der Waals surface area contributed by atoms with Crippen molar-refractivity contribution in [2.24, 2.45) is 0 Å². The molecule has 2 amide bonds. The van der Waals surface area contributed by atoms with Crippen molar-refractivity contribution < 1.29 is 18.0 Å². The van der Waals surface area contributed by atoms with Crippen LogP contribution in [-0.4, -0.2) is 38.6 Å². The fraction of sp³-hybridized carbons (Fsp3) is 0.130. The molecule has 0 aliphatic carbocycles. The summed E-state index contributed by atoms with van der Waals surface area (Å²) in [6.45, 7) is 0. The molecular formula is C23H22ClN3O4S. The van der Waals surface area contributed by atoms with E-state index in [1.165, 1.54) is 32.3 Å². The van der Waals surface area contributed by atoms with Crippen LogP contribution < -0.4 is 10.6 Å². The van der Waals surface area contributed by atoms with Crippen molar-refractivity contribution in [1.29, 1.82) is 0 Å². The van der Waals surface area contributed by atoms with Gasteiger partial charge in [-0.05, 0) is 35.9 Å². The Morgan fingerprint density at radius 1 is 0.906 bits per heavy atom. The fourth-order valence-corrected chi connectivity index (χ4v) is 4.07. The molecule has 2 N–H and O–H groups in total. The number of nitrogens with one attached hydrogen (secondary N) is 2. The average Bonchev–Trinajstić information content (AvgIpc) is 2.78. The summed E-state index contributed by atoms with van der Waals surface area (Å²) in [6.07, 6.45) is 0. The quantitative estimate of drug-likeness (QED) is 0.549. The first-order chi connectivity index (χ1) is 15.2. The Labute approximate surface area is 192 Å². The zero-order valence-corrected chi connectivity index (χ0v) is 19.0. The van der Waals surface area contributed by atoms with Crippen molar-refractivity contribution >= 4 is 39.1 Å². The van der Waals surface area contributed by atoms with Gasteiger partial charge in [-0.15, -0.1) is 0 Å². The van der Waals surface area contributed by atoms with E-state index in [0.29, 0.717) is 11.3 Å². The highest BCUT2D eigenvalue weighted by molar-refractivity contribution is 7.89. The molecule has 166 valence electrons. The van der Waals surface area contributed by atoms with Gasteiger partial charge in [0.2, 0.25) is 10.0 Å². The summed E-state index contributed by atoms with van der Waals surface area (Å²) in [6, 6.07) is 20.4. The SMILES string of the molecule is CN(C)S(=O)(=O)c1ccc(Cl)c(C(=O)NC(C(=O)Nc2ccccc2)c2ccccc2)c1. The lowest BCUT2D eigenvalue weighted by molar-refractivity contribution is -0.118. The number of carbonyl (C=O) groups is 2. The van der Waals surface area contributed by atoms with Gasteiger partial charge in [-0.3, -0.25) is 9.59 Å². The van der Waals surface area contributed by atoms with Crippen LogP contribution in [0.15, 0.2) is 83.8 Å². The molecule has 9 heteroatoms. The predicted molar refractivity (Wildman–Crippen MR) is 124 cm³/mol. The fourth-order valence-electron chi connectivity index (χ4n) is 2.94. The number of halogens is 1. The largest absolute Gasteiger partial charge is 0.336 e. The van der Waals surface area contributed by atoms with E-state index in [4.69, 9.17) is 11.6 Å². The molecule has 0 saturated carbocycles. The third-order valence-corrected chi connectivity index (χ3v) is 6.81. The van der Waals surface area contributed by atoms with Crippen LogP contribution in [0.3, 0.4) is 0 Å². The van der Waals surface area contributed by atoms with Crippen molar-refractivity contribution in [3.63, 3.8) is 0 Å². The number of hydrogen-bond acceptors (Lipinski definition) is 4. The lowest BCUT2D eigenvalue weighted by Crippen LogP contribution is -2.37. The summed E-state index contributed by atoms with van der Waals surface area (Å²) in [4.78, 5) is 26.0. The predicted octanol–water partition coefficient (Wildman–Crippen LogP) is 3.70. The van der Waals surface area contributed by atoms with Crippen LogP contribution >= 0.6 is 11.6 Å². The minimum absolute atomic E-state index is 0.0527. The highest BCUT2D eigenvalue weighted by atomic mass is 35.5. The molecule has 3 rings (SSSR count). The van der Waals surface area contributed by atoms with Gasteiger partial charge >= 0.3 is 0 Å². The first kappa shape index (κ1) is 23.5. The Bertz CT molecular complexity index is 1220. The Morgan fingerprint density at radius 3 is 2.09 bits per heavy atom. The molecule has 32 heavy (non-hydrogen) atoms. The van der Waals surface area contributed by atoms with Gasteiger partial charge in [0.15, 0.2) is 0 Å². The lowest BCUT2D eigenvalue weighted by Gasteiger charge is -2.20. The summed E-state index contributed by atoms with van der Waals surface area (Å²) in [5.74, 6) is -1.13. The van der Waals surface area contributed by atoms with E-state index in [9.17, 15) is 18.0 Å². The van der Waals surface area contributed by atoms with Gasteiger partial charge in [0.1, 0.15) is 6.04 Å². The second-order valence-corrected chi connectivity index (χ2v) is 9.66. The maximum atomic E-state index is 13.1. The number of para-hydroxylation sites is 1. The maximum Gasteiger partial charge on any atom is 0.253 e. The molecule has 1 atom stereocenters. The molecule has 0 aliphatic rings. The van der Waals surface area contributed by atoms with Gasteiger partial charge < -0.3 is 10.6 Å².